The number of amides is 3. The van der Waals surface area contributed by atoms with Crippen molar-refractivity contribution >= 4 is 40.0 Å². The zero-order chi connectivity index (χ0) is 31.1. The lowest BCUT2D eigenvalue weighted by atomic mass is 10.1. The zero-order valence-electron chi connectivity index (χ0n) is 25.4. The van der Waals surface area contributed by atoms with Gasteiger partial charge in [-0.15, -0.1) is 0 Å². The van der Waals surface area contributed by atoms with Gasteiger partial charge in [0.1, 0.15) is 23.1 Å². The first kappa shape index (κ1) is 30.2. The van der Waals surface area contributed by atoms with Gasteiger partial charge in [-0.2, -0.15) is 5.10 Å². The maximum absolute atomic E-state index is 13.3. The number of carbonyl (C=O) groups is 2. The summed E-state index contributed by atoms with van der Waals surface area (Å²) < 4.78 is 7.99. The van der Waals surface area contributed by atoms with Crippen LogP contribution in [0.3, 0.4) is 0 Å². The van der Waals surface area contributed by atoms with Crippen LogP contribution in [0, 0.1) is 6.92 Å². The van der Waals surface area contributed by atoms with Crippen LogP contribution in [0.25, 0.3) is 16.5 Å². The van der Waals surface area contributed by atoms with Crippen LogP contribution in [0.2, 0.25) is 0 Å². The Morgan fingerprint density at radius 1 is 0.909 bits per heavy atom. The minimum Gasteiger partial charge on any atom is -0.457 e. The van der Waals surface area contributed by atoms with Crippen LogP contribution in [-0.4, -0.2) is 52.2 Å². The summed E-state index contributed by atoms with van der Waals surface area (Å²) >= 11 is 0. The van der Waals surface area contributed by atoms with Crippen molar-refractivity contribution in [3.8, 4) is 17.2 Å². The van der Waals surface area contributed by atoms with E-state index in [0.717, 1.165) is 47.0 Å². The number of nitrogens with zero attached hydrogens (tertiary/aromatic N) is 4. The molecule has 3 aromatic carbocycles. The largest absolute Gasteiger partial charge is 0.457 e. The number of fused-ring (bicyclic) bond motifs is 1. The SMILES string of the molecule is CCCCc1cc(NC(=O)Nc2ccc(Oc3ccnc(NC(=O)CN(C)C)c3)c3ccccc23)n(-c2ccc(C)cc2)n1. The lowest BCUT2D eigenvalue weighted by Gasteiger charge is -2.15. The fraction of sp³-hybridized carbons (Fsp3) is 0.235. The fourth-order valence-electron chi connectivity index (χ4n) is 4.76. The van der Waals surface area contributed by atoms with Crippen LogP contribution in [0.5, 0.6) is 11.5 Å². The summed E-state index contributed by atoms with van der Waals surface area (Å²) in [6, 6.07) is 24.3. The van der Waals surface area contributed by atoms with E-state index in [0.29, 0.717) is 28.8 Å². The lowest BCUT2D eigenvalue weighted by Crippen LogP contribution is -2.27. The van der Waals surface area contributed by atoms with Gasteiger partial charge in [0, 0.05) is 29.1 Å². The highest BCUT2D eigenvalue weighted by molar-refractivity contribution is 6.07. The van der Waals surface area contributed by atoms with E-state index in [9.17, 15) is 9.59 Å². The summed E-state index contributed by atoms with van der Waals surface area (Å²) in [4.78, 5) is 31.5. The molecule has 0 radical (unpaired) electrons. The normalized spacial score (nSPS) is 11.0. The average molecular weight is 592 g/mol. The molecule has 0 atom stereocenters. The molecule has 5 rings (SSSR count). The third kappa shape index (κ3) is 7.59. The van der Waals surface area contributed by atoms with Crippen molar-refractivity contribution in [2.75, 3.05) is 36.6 Å². The van der Waals surface area contributed by atoms with Gasteiger partial charge in [0.25, 0.3) is 0 Å². The molecule has 0 aliphatic heterocycles. The first-order chi connectivity index (χ1) is 21.3. The summed E-state index contributed by atoms with van der Waals surface area (Å²) in [5.74, 6) is 1.94. The van der Waals surface area contributed by atoms with Crippen molar-refractivity contribution in [1.29, 1.82) is 0 Å². The van der Waals surface area contributed by atoms with E-state index in [-0.39, 0.29) is 18.5 Å². The second-order valence-corrected chi connectivity index (χ2v) is 10.9. The standard InChI is InChI=1S/C34H37N7O3/c1-5-6-9-24-20-32(41(39-24)25-14-12-23(2)13-15-25)38-34(43)36-29-16-17-30(28-11-8-7-10-27(28)29)44-26-18-19-35-31(21-26)37-33(42)22-40(3)4/h7-8,10-21H,5-6,9,22H2,1-4H3,(H,35,37,42)(H2,36,38,43). The molecule has 10 heteroatoms. The average Bonchev–Trinajstić information content (AvgIpc) is 3.39. The van der Waals surface area contributed by atoms with Crippen molar-refractivity contribution in [2.45, 2.75) is 33.1 Å². The van der Waals surface area contributed by atoms with Crippen molar-refractivity contribution in [3.05, 3.63) is 96.3 Å². The van der Waals surface area contributed by atoms with Crippen molar-refractivity contribution in [3.63, 3.8) is 0 Å². The quantitative estimate of drug-likeness (QED) is 0.152. The van der Waals surface area contributed by atoms with Gasteiger partial charge in [-0.1, -0.05) is 55.3 Å². The monoisotopic (exact) mass is 591 g/mol. The highest BCUT2D eigenvalue weighted by atomic mass is 16.5. The number of hydrogen-bond acceptors (Lipinski definition) is 6. The number of ether oxygens (including phenoxy) is 1. The molecule has 3 N–H and O–H groups in total. The topological polar surface area (TPSA) is 113 Å². The summed E-state index contributed by atoms with van der Waals surface area (Å²) in [5, 5.41) is 15.2. The Labute approximate surface area is 257 Å². The number of likely N-dealkylation sites (N-methyl/N-ethyl adjacent to an activating group) is 1. The van der Waals surface area contributed by atoms with Gasteiger partial charge < -0.3 is 20.3 Å². The molecule has 0 unspecified atom stereocenters. The molecule has 0 aliphatic carbocycles. The molecule has 226 valence electrons. The Morgan fingerprint density at radius 3 is 2.43 bits per heavy atom. The number of anilines is 3. The minimum atomic E-state index is -0.383. The lowest BCUT2D eigenvalue weighted by molar-refractivity contribution is -0.116. The van der Waals surface area contributed by atoms with E-state index in [2.05, 4.69) is 27.9 Å². The molecule has 0 fully saturated rings. The van der Waals surface area contributed by atoms with E-state index >= 15 is 0 Å². The van der Waals surface area contributed by atoms with Crippen molar-refractivity contribution in [2.24, 2.45) is 0 Å². The Morgan fingerprint density at radius 2 is 1.68 bits per heavy atom. The number of urea groups is 1. The van der Waals surface area contributed by atoms with Crippen LogP contribution in [0.1, 0.15) is 31.0 Å². The molecule has 2 heterocycles. The van der Waals surface area contributed by atoms with E-state index < -0.39 is 0 Å². The van der Waals surface area contributed by atoms with Crippen LogP contribution >= 0.6 is 0 Å². The zero-order valence-corrected chi connectivity index (χ0v) is 25.4. The van der Waals surface area contributed by atoms with E-state index in [4.69, 9.17) is 9.84 Å². The number of aromatic nitrogens is 3. The Bertz CT molecular complexity index is 1760. The van der Waals surface area contributed by atoms with Crippen LogP contribution in [0.15, 0.2) is 85.1 Å². The molecule has 44 heavy (non-hydrogen) atoms. The molecule has 0 aliphatic rings. The number of benzene rings is 3. The number of aryl methyl sites for hydroxylation is 2. The van der Waals surface area contributed by atoms with Gasteiger partial charge in [0.2, 0.25) is 5.91 Å². The molecule has 2 aromatic heterocycles. The minimum absolute atomic E-state index is 0.169. The molecule has 0 saturated carbocycles. The second kappa shape index (κ2) is 13.8. The number of nitrogens with one attached hydrogen (secondary N) is 3. The highest BCUT2D eigenvalue weighted by Gasteiger charge is 2.15. The predicted molar refractivity (Wildman–Crippen MR) is 175 cm³/mol. The summed E-state index contributed by atoms with van der Waals surface area (Å²) in [6.45, 7) is 4.42. The van der Waals surface area contributed by atoms with E-state index in [1.807, 2.05) is 87.7 Å². The maximum Gasteiger partial charge on any atom is 0.324 e. The molecular weight excluding hydrogens is 554 g/mol. The molecule has 3 amide bonds. The number of unbranched alkanes of at least 4 members (excludes halogenated alkanes) is 1. The van der Waals surface area contributed by atoms with Crippen LogP contribution < -0.4 is 20.7 Å². The molecule has 0 spiro atoms. The Hall–Kier alpha value is -5.22. The first-order valence-corrected chi connectivity index (χ1v) is 14.6. The van der Waals surface area contributed by atoms with Gasteiger partial charge in [0.05, 0.1) is 23.6 Å². The molecule has 10 nitrogen and oxygen atoms in total. The van der Waals surface area contributed by atoms with E-state index in [1.54, 1.807) is 27.9 Å². The number of pyridine rings is 1. The maximum atomic E-state index is 13.3. The van der Waals surface area contributed by atoms with Gasteiger partial charge >= 0.3 is 6.03 Å². The molecular formula is C34H37N7O3. The third-order valence-corrected chi connectivity index (χ3v) is 6.89. The van der Waals surface area contributed by atoms with Gasteiger partial charge in [0.15, 0.2) is 0 Å². The first-order valence-electron chi connectivity index (χ1n) is 14.6. The van der Waals surface area contributed by atoms with Gasteiger partial charge in [-0.05, 0) is 64.2 Å². The number of carbonyl (C=O) groups excluding carboxylic acids is 2. The van der Waals surface area contributed by atoms with Crippen molar-refractivity contribution in [1.82, 2.24) is 19.7 Å². The van der Waals surface area contributed by atoms with Gasteiger partial charge in [-0.3, -0.25) is 10.1 Å². The molecule has 0 saturated heterocycles. The number of rotatable bonds is 11. The summed E-state index contributed by atoms with van der Waals surface area (Å²) in [7, 11) is 3.65. The highest BCUT2D eigenvalue weighted by Crippen LogP contribution is 2.35. The number of hydrogen-bond donors (Lipinski definition) is 3. The Balaban J connectivity index is 1.35. The van der Waals surface area contributed by atoms with Crippen molar-refractivity contribution < 1.29 is 14.3 Å². The fourth-order valence-corrected chi connectivity index (χ4v) is 4.76. The summed E-state index contributed by atoms with van der Waals surface area (Å²) in [6.07, 6.45) is 4.49. The smallest absolute Gasteiger partial charge is 0.324 e. The van der Waals surface area contributed by atoms with E-state index in [1.165, 1.54) is 0 Å². The molecule has 0 bridgehead atoms. The third-order valence-electron chi connectivity index (χ3n) is 6.89. The van der Waals surface area contributed by atoms with Crippen LogP contribution in [0.4, 0.5) is 22.1 Å². The Kier molecular flexibility index (Phi) is 9.51. The predicted octanol–water partition coefficient (Wildman–Crippen LogP) is 7.01. The molecule has 5 aromatic rings. The van der Waals surface area contributed by atoms with Gasteiger partial charge in [-0.25, -0.2) is 14.5 Å². The van der Waals surface area contributed by atoms with Crippen LogP contribution in [-0.2, 0) is 11.2 Å². The second-order valence-electron chi connectivity index (χ2n) is 10.9. The summed E-state index contributed by atoms with van der Waals surface area (Å²) in [5.41, 5.74) is 3.57.